The summed E-state index contributed by atoms with van der Waals surface area (Å²) in [5.41, 5.74) is 0.717. The summed E-state index contributed by atoms with van der Waals surface area (Å²) in [5, 5.41) is 3.57. The van der Waals surface area contributed by atoms with Crippen LogP contribution in [0.25, 0.3) is 0 Å². The molecule has 0 amide bonds. The first kappa shape index (κ1) is 11.8. The molecule has 7 heteroatoms. The Labute approximate surface area is 87.0 Å². The molecular formula is C7H13NO4S2. The van der Waals surface area contributed by atoms with Crippen LogP contribution in [0.5, 0.6) is 0 Å². The Hall–Kier alpha value is -0.270. The van der Waals surface area contributed by atoms with E-state index in [2.05, 4.69) is 5.16 Å². The quantitative estimate of drug-likeness (QED) is 0.456. The molecular weight excluding hydrogens is 226 g/mol. The van der Waals surface area contributed by atoms with Crippen LogP contribution in [0.3, 0.4) is 0 Å². The lowest BCUT2D eigenvalue weighted by molar-refractivity contribution is 0.158. The van der Waals surface area contributed by atoms with Crippen molar-refractivity contribution in [3.05, 3.63) is 0 Å². The third-order valence-corrected chi connectivity index (χ3v) is 4.23. The van der Waals surface area contributed by atoms with Crippen molar-refractivity contribution in [3.63, 3.8) is 0 Å². The molecule has 0 bridgehead atoms. The normalized spacial score (nSPS) is 25.6. The highest BCUT2D eigenvalue weighted by Gasteiger charge is 2.28. The topological polar surface area (TPSA) is 76.0 Å². The zero-order chi connectivity index (χ0) is 10.6. The van der Waals surface area contributed by atoms with Crippen molar-refractivity contribution < 1.29 is 17.8 Å². The second kappa shape index (κ2) is 4.99. The van der Waals surface area contributed by atoms with Crippen LogP contribution in [-0.4, -0.2) is 30.5 Å². The highest BCUT2D eigenvalue weighted by molar-refractivity contribution is 8.70. The third kappa shape index (κ3) is 3.85. The van der Waals surface area contributed by atoms with Crippen LogP contribution in [0, 0.1) is 0 Å². The number of hydrogen-bond acceptors (Lipinski definition) is 5. The van der Waals surface area contributed by atoms with Gasteiger partial charge in [-0.3, -0.25) is 4.55 Å². The second-order valence-corrected chi connectivity index (χ2v) is 6.36. The van der Waals surface area contributed by atoms with Gasteiger partial charge in [-0.15, -0.1) is 0 Å². The smallest absolute Gasteiger partial charge is 0.320 e. The number of hydrogen-bond donors (Lipinski definition) is 1. The molecule has 82 valence electrons. The fourth-order valence-corrected chi connectivity index (χ4v) is 3.63. The van der Waals surface area contributed by atoms with Gasteiger partial charge in [-0.2, -0.15) is 8.42 Å². The molecule has 0 aliphatic heterocycles. The maximum atomic E-state index is 10.6. The Morgan fingerprint density at radius 3 is 3.00 bits per heavy atom. The molecule has 1 atom stereocenters. The summed E-state index contributed by atoms with van der Waals surface area (Å²) in [6, 6.07) is 0. The Morgan fingerprint density at radius 2 is 2.43 bits per heavy atom. The summed E-state index contributed by atoms with van der Waals surface area (Å²) in [4.78, 5) is 4.86. The third-order valence-electron chi connectivity index (χ3n) is 1.82. The van der Waals surface area contributed by atoms with Gasteiger partial charge in [-0.1, -0.05) is 5.16 Å². The molecule has 0 spiro atoms. The summed E-state index contributed by atoms with van der Waals surface area (Å²) < 4.78 is 29.9. The van der Waals surface area contributed by atoms with Gasteiger partial charge in [0.25, 0.3) is 0 Å². The summed E-state index contributed by atoms with van der Waals surface area (Å²) in [6.07, 6.45) is 2.35. The Morgan fingerprint density at radius 1 is 1.71 bits per heavy atom. The highest BCUT2D eigenvalue weighted by atomic mass is 33.1. The SMILES string of the molecule is CCO/N=C1/CCC[C@@H]1SS(=O)(=O)O. The average molecular weight is 239 g/mol. The lowest BCUT2D eigenvalue weighted by Gasteiger charge is -2.06. The van der Waals surface area contributed by atoms with Gasteiger partial charge < -0.3 is 4.84 Å². The molecule has 0 radical (unpaired) electrons. The average Bonchev–Trinajstić information content (AvgIpc) is 2.45. The van der Waals surface area contributed by atoms with Crippen LogP contribution in [0.2, 0.25) is 0 Å². The van der Waals surface area contributed by atoms with Gasteiger partial charge >= 0.3 is 9.15 Å². The summed E-state index contributed by atoms with van der Waals surface area (Å²) in [7, 11) is -3.45. The summed E-state index contributed by atoms with van der Waals surface area (Å²) in [6.45, 7) is 2.27. The van der Waals surface area contributed by atoms with E-state index in [9.17, 15) is 8.42 Å². The largest absolute Gasteiger partial charge is 0.396 e. The molecule has 1 N–H and O–H groups in total. The van der Waals surface area contributed by atoms with Crippen molar-refractivity contribution in [1.82, 2.24) is 0 Å². The molecule has 14 heavy (non-hydrogen) atoms. The van der Waals surface area contributed by atoms with Crippen molar-refractivity contribution in [2.45, 2.75) is 31.4 Å². The number of oxime groups is 1. The predicted octanol–water partition coefficient (Wildman–Crippen LogP) is 1.47. The van der Waals surface area contributed by atoms with E-state index in [1.54, 1.807) is 0 Å². The Balaban J connectivity index is 2.60. The highest BCUT2D eigenvalue weighted by Crippen LogP contribution is 2.30. The predicted molar refractivity (Wildman–Crippen MR) is 55.8 cm³/mol. The molecule has 0 aromatic rings. The minimum atomic E-state index is -3.99. The van der Waals surface area contributed by atoms with Crippen LogP contribution in [0.15, 0.2) is 5.16 Å². The van der Waals surface area contributed by atoms with E-state index in [1.165, 1.54) is 0 Å². The zero-order valence-electron chi connectivity index (χ0n) is 7.84. The lowest BCUT2D eigenvalue weighted by atomic mass is 10.3. The molecule has 1 rings (SSSR count). The van der Waals surface area contributed by atoms with Crippen molar-refractivity contribution in [2.75, 3.05) is 6.61 Å². The Bertz CT molecular complexity index is 312. The van der Waals surface area contributed by atoms with E-state index in [0.717, 1.165) is 25.0 Å². The minimum Gasteiger partial charge on any atom is -0.396 e. The minimum absolute atomic E-state index is 0.253. The first-order chi connectivity index (χ1) is 6.53. The zero-order valence-corrected chi connectivity index (χ0v) is 9.47. The van der Waals surface area contributed by atoms with Crippen molar-refractivity contribution in [3.8, 4) is 0 Å². The van der Waals surface area contributed by atoms with Crippen LogP contribution < -0.4 is 0 Å². The van der Waals surface area contributed by atoms with Gasteiger partial charge in [-0.25, -0.2) is 0 Å². The molecule has 1 saturated carbocycles. The molecule has 5 nitrogen and oxygen atoms in total. The summed E-state index contributed by atoms with van der Waals surface area (Å²) in [5.74, 6) is 0. The van der Waals surface area contributed by atoms with Gasteiger partial charge in [0.05, 0.1) is 11.0 Å². The standard InChI is InChI=1S/C7H13NO4S2/c1-2-12-8-6-4-3-5-7(6)13-14(9,10)11/h7H,2-5H2,1H3,(H,9,10,11)/b8-6-/t7-/m0/s1. The van der Waals surface area contributed by atoms with Crippen LogP contribution in [0.4, 0.5) is 0 Å². The molecule has 1 fully saturated rings. The molecule has 1 aliphatic rings. The van der Waals surface area contributed by atoms with Gasteiger partial charge in [0.2, 0.25) is 0 Å². The van der Waals surface area contributed by atoms with Gasteiger partial charge in [0.1, 0.15) is 6.61 Å². The molecule has 0 heterocycles. The van der Waals surface area contributed by atoms with E-state index in [0.29, 0.717) is 17.4 Å². The van der Waals surface area contributed by atoms with E-state index in [4.69, 9.17) is 9.39 Å². The fraction of sp³-hybridized carbons (Fsp3) is 0.857. The van der Waals surface area contributed by atoms with E-state index in [-0.39, 0.29) is 5.25 Å². The fourth-order valence-electron chi connectivity index (χ4n) is 1.30. The van der Waals surface area contributed by atoms with Crippen LogP contribution in [0.1, 0.15) is 26.2 Å². The van der Waals surface area contributed by atoms with E-state index < -0.39 is 9.15 Å². The van der Waals surface area contributed by atoms with Gasteiger partial charge in [0.15, 0.2) is 0 Å². The first-order valence-electron chi connectivity index (χ1n) is 4.37. The van der Waals surface area contributed by atoms with Crippen LogP contribution in [-0.2, 0) is 14.0 Å². The lowest BCUT2D eigenvalue weighted by Crippen LogP contribution is -2.12. The van der Waals surface area contributed by atoms with Crippen molar-refractivity contribution >= 4 is 25.7 Å². The number of nitrogens with zero attached hydrogens (tertiary/aromatic N) is 1. The maximum absolute atomic E-state index is 10.6. The summed E-state index contributed by atoms with van der Waals surface area (Å²) >= 11 is 0. The molecule has 0 saturated heterocycles. The van der Waals surface area contributed by atoms with E-state index >= 15 is 0 Å². The molecule has 1 aliphatic carbocycles. The van der Waals surface area contributed by atoms with Gasteiger partial charge in [0, 0.05) is 10.8 Å². The molecule has 0 unspecified atom stereocenters. The molecule has 0 aromatic heterocycles. The maximum Gasteiger partial charge on any atom is 0.320 e. The van der Waals surface area contributed by atoms with Crippen molar-refractivity contribution in [2.24, 2.45) is 5.16 Å². The van der Waals surface area contributed by atoms with Gasteiger partial charge in [-0.05, 0) is 26.2 Å². The van der Waals surface area contributed by atoms with Crippen LogP contribution >= 0.6 is 10.8 Å². The first-order valence-corrected chi connectivity index (χ1v) is 7.21. The Kier molecular flexibility index (Phi) is 4.21. The van der Waals surface area contributed by atoms with E-state index in [1.807, 2.05) is 6.92 Å². The second-order valence-electron chi connectivity index (χ2n) is 2.91. The van der Waals surface area contributed by atoms with Crippen molar-refractivity contribution in [1.29, 1.82) is 0 Å². The monoisotopic (exact) mass is 239 g/mol. The molecule has 0 aromatic carbocycles. The number of rotatable bonds is 4.